The van der Waals surface area contributed by atoms with Gasteiger partial charge in [-0.05, 0) is 29.3 Å². The highest BCUT2D eigenvalue weighted by Gasteiger charge is 2.55. The van der Waals surface area contributed by atoms with Gasteiger partial charge in [0.25, 0.3) is 5.91 Å². The van der Waals surface area contributed by atoms with Crippen LogP contribution in [0.5, 0.6) is 17.2 Å². The van der Waals surface area contributed by atoms with Gasteiger partial charge in [-0.1, -0.05) is 78.9 Å². The molecule has 0 aliphatic carbocycles. The fourth-order valence-corrected chi connectivity index (χ4v) is 5.06. The molecule has 0 aromatic heterocycles. The molecule has 0 bridgehead atoms. The standard InChI is InChI=1S/C29H23NO5/c31-26-22(15-16-24-27(26)35-18-17-34-24)29(33)21-13-7-8-14-23(21)30(28(29)32)25(19-9-3-1-4-10-19)20-11-5-2-6-12-20/h1-16,25,31,33H,17-18H2. The summed E-state index contributed by atoms with van der Waals surface area (Å²) in [6.45, 7) is 0.630. The summed E-state index contributed by atoms with van der Waals surface area (Å²) >= 11 is 0. The monoisotopic (exact) mass is 465 g/mol. The molecule has 35 heavy (non-hydrogen) atoms. The minimum Gasteiger partial charge on any atom is -0.504 e. The normalized spacial score (nSPS) is 18.6. The Labute approximate surface area is 202 Å². The Hall–Kier alpha value is -4.29. The highest BCUT2D eigenvalue weighted by molar-refractivity contribution is 6.10. The van der Waals surface area contributed by atoms with E-state index in [-0.39, 0.29) is 23.7 Å². The lowest BCUT2D eigenvalue weighted by molar-refractivity contribution is -0.132. The van der Waals surface area contributed by atoms with Crippen LogP contribution in [0.25, 0.3) is 0 Å². The molecule has 1 atom stereocenters. The third-order valence-corrected chi connectivity index (χ3v) is 6.64. The van der Waals surface area contributed by atoms with Crippen LogP contribution >= 0.6 is 0 Å². The Morgan fingerprint density at radius 3 is 2.03 bits per heavy atom. The zero-order valence-electron chi connectivity index (χ0n) is 18.8. The Balaban J connectivity index is 1.57. The molecule has 2 heterocycles. The van der Waals surface area contributed by atoms with Gasteiger partial charge in [0.05, 0.1) is 11.7 Å². The van der Waals surface area contributed by atoms with Gasteiger partial charge in [-0.25, -0.2) is 0 Å². The summed E-state index contributed by atoms with van der Waals surface area (Å²) in [5.41, 5.74) is 0.718. The second-order valence-corrected chi connectivity index (χ2v) is 8.61. The lowest BCUT2D eigenvalue weighted by Gasteiger charge is -2.31. The highest BCUT2D eigenvalue weighted by atomic mass is 16.6. The van der Waals surface area contributed by atoms with Crippen molar-refractivity contribution >= 4 is 11.6 Å². The summed E-state index contributed by atoms with van der Waals surface area (Å²) in [6, 6.07) is 29.2. The van der Waals surface area contributed by atoms with Crippen LogP contribution in [0.3, 0.4) is 0 Å². The van der Waals surface area contributed by atoms with Gasteiger partial charge in [0.15, 0.2) is 11.5 Å². The summed E-state index contributed by atoms with van der Waals surface area (Å²) in [6.07, 6.45) is 0. The average molecular weight is 466 g/mol. The third-order valence-electron chi connectivity index (χ3n) is 6.64. The number of anilines is 1. The van der Waals surface area contributed by atoms with Crippen molar-refractivity contribution in [2.75, 3.05) is 18.1 Å². The predicted octanol–water partition coefficient (Wildman–Crippen LogP) is 4.54. The predicted molar refractivity (Wildman–Crippen MR) is 131 cm³/mol. The zero-order chi connectivity index (χ0) is 24.0. The van der Waals surface area contributed by atoms with Crippen LogP contribution in [0.15, 0.2) is 97.1 Å². The lowest BCUT2D eigenvalue weighted by atomic mass is 9.86. The second kappa shape index (κ2) is 8.18. The van der Waals surface area contributed by atoms with Crippen molar-refractivity contribution in [3.8, 4) is 17.2 Å². The average Bonchev–Trinajstić information content (AvgIpc) is 3.13. The number of nitrogens with zero attached hydrogens (tertiary/aromatic N) is 1. The molecule has 4 aromatic carbocycles. The number of carbonyl (C=O) groups is 1. The van der Waals surface area contributed by atoms with Gasteiger partial charge in [-0.2, -0.15) is 0 Å². The number of rotatable bonds is 4. The number of benzene rings is 4. The first kappa shape index (κ1) is 21.3. The Bertz CT molecular complexity index is 1370. The number of phenols is 1. The second-order valence-electron chi connectivity index (χ2n) is 8.61. The van der Waals surface area contributed by atoms with E-state index in [1.54, 1.807) is 23.1 Å². The van der Waals surface area contributed by atoms with Crippen LogP contribution in [-0.4, -0.2) is 29.3 Å². The van der Waals surface area contributed by atoms with Crippen LogP contribution in [0, 0.1) is 0 Å². The van der Waals surface area contributed by atoms with Gasteiger partial charge in [0, 0.05) is 11.1 Å². The molecule has 1 amide bonds. The third kappa shape index (κ3) is 3.18. The first-order chi connectivity index (χ1) is 17.1. The van der Waals surface area contributed by atoms with E-state index in [1.807, 2.05) is 72.8 Å². The SMILES string of the molecule is O=C1N(C(c2ccccc2)c2ccccc2)c2ccccc2C1(O)c1ccc2c(c1O)OCCO2. The maximum atomic E-state index is 14.3. The summed E-state index contributed by atoms with van der Waals surface area (Å²) in [5, 5.41) is 23.3. The minimum absolute atomic E-state index is 0.0570. The summed E-state index contributed by atoms with van der Waals surface area (Å²) in [4.78, 5) is 15.9. The van der Waals surface area contributed by atoms with Crippen molar-refractivity contribution in [2.24, 2.45) is 0 Å². The summed E-state index contributed by atoms with van der Waals surface area (Å²) in [5.74, 6) is -0.342. The fourth-order valence-electron chi connectivity index (χ4n) is 5.06. The molecule has 0 saturated carbocycles. The molecular formula is C29H23NO5. The zero-order valence-corrected chi connectivity index (χ0v) is 18.8. The summed E-state index contributed by atoms with van der Waals surface area (Å²) < 4.78 is 11.2. The molecule has 4 aromatic rings. The van der Waals surface area contributed by atoms with Crippen LogP contribution in [0.1, 0.15) is 28.3 Å². The molecule has 6 rings (SSSR count). The molecule has 2 aliphatic rings. The molecule has 2 aliphatic heterocycles. The molecule has 1 unspecified atom stereocenters. The number of amides is 1. The molecule has 0 saturated heterocycles. The molecule has 0 spiro atoms. The Morgan fingerprint density at radius 2 is 1.34 bits per heavy atom. The fraction of sp³-hybridized carbons (Fsp3) is 0.138. The van der Waals surface area contributed by atoms with Gasteiger partial charge >= 0.3 is 0 Å². The summed E-state index contributed by atoms with van der Waals surface area (Å²) in [7, 11) is 0. The Kier molecular flexibility index (Phi) is 4.97. The van der Waals surface area contributed by atoms with Crippen molar-refractivity contribution in [1.29, 1.82) is 0 Å². The van der Waals surface area contributed by atoms with Crippen LogP contribution in [0.4, 0.5) is 5.69 Å². The van der Waals surface area contributed by atoms with E-state index in [0.29, 0.717) is 23.6 Å². The van der Waals surface area contributed by atoms with Gasteiger partial charge in [0.2, 0.25) is 11.4 Å². The van der Waals surface area contributed by atoms with Crippen LogP contribution < -0.4 is 14.4 Å². The van der Waals surface area contributed by atoms with Gasteiger partial charge in [-0.15, -0.1) is 0 Å². The quantitative estimate of drug-likeness (QED) is 0.463. The molecule has 0 fully saturated rings. The molecule has 0 radical (unpaired) electrons. The maximum absolute atomic E-state index is 14.3. The smallest absolute Gasteiger partial charge is 0.269 e. The first-order valence-corrected chi connectivity index (χ1v) is 11.5. The van der Waals surface area contributed by atoms with Crippen molar-refractivity contribution in [2.45, 2.75) is 11.6 Å². The van der Waals surface area contributed by atoms with Gasteiger partial charge in [0.1, 0.15) is 13.2 Å². The van der Waals surface area contributed by atoms with E-state index in [0.717, 1.165) is 11.1 Å². The van der Waals surface area contributed by atoms with E-state index < -0.39 is 17.6 Å². The number of para-hydroxylation sites is 1. The van der Waals surface area contributed by atoms with Gasteiger partial charge < -0.3 is 19.7 Å². The van der Waals surface area contributed by atoms with Crippen LogP contribution in [0.2, 0.25) is 0 Å². The van der Waals surface area contributed by atoms with Crippen molar-refractivity contribution in [1.82, 2.24) is 0 Å². The number of fused-ring (bicyclic) bond motifs is 2. The van der Waals surface area contributed by atoms with E-state index in [2.05, 4.69) is 0 Å². The number of hydrogen-bond donors (Lipinski definition) is 2. The highest BCUT2D eigenvalue weighted by Crippen LogP contribution is 2.53. The minimum atomic E-state index is -2.11. The topological polar surface area (TPSA) is 79.2 Å². The largest absolute Gasteiger partial charge is 0.504 e. The maximum Gasteiger partial charge on any atom is 0.269 e. The molecular weight excluding hydrogens is 442 g/mol. The molecule has 6 heteroatoms. The van der Waals surface area contributed by atoms with Gasteiger partial charge in [-0.3, -0.25) is 9.69 Å². The number of aromatic hydroxyl groups is 1. The number of hydrogen-bond acceptors (Lipinski definition) is 5. The van der Waals surface area contributed by atoms with E-state index >= 15 is 0 Å². The lowest BCUT2D eigenvalue weighted by Crippen LogP contribution is -2.43. The molecule has 6 nitrogen and oxygen atoms in total. The van der Waals surface area contributed by atoms with Crippen molar-refractivity contribution in [3.63, 3.8) is 0 Å². The van der Waals surface area contributed by atoms with Crippen molar-refractivity contribution < 1.29 is 24.5 Å². The van der Waals surface area contributed by atoms with E-state index in [9.17, 15) is 15.0 Å². The number of carbonyl (C=O) groups excluding carboxylic acids is 1. The molecule has 174 valence electrons. The number of ether oxygens (including phenoxy) is 2. The van der Waals surface area contributed by atoms with E-state index in [4.69, 9.17) is 9.47 Å². The van der Waals surface area contributed by atoms with Crippen LogP contribution in [-0.2, 0) is 10.4 Å². The number of phenolic OH excluding ortho intramolecular Hbond substituents is 1. The molecule has 2 N–H and O–H groups in total. The van der Waals surface area contributed by atoms with E-state index in [1.165, 1.54) is 6.07 Å². The first-order valence-electron chi connectivity index (χ1n) is 11.5. The van der Waals surface area contributed by atoms with Crippen molar-refractivity contribution in [3.05, 3.63) is 119 Å². The Morgan fingerprint density at radius 1 is 0.743 bits per heavy atom. The number of aliphatic hydroxyl groups is 1.